The second-order valence-electron chi connectivity index (χ2n) is 2.69. The molecule has 84 valence electrons. The summed E-state index contributed by atoms with van der Waals surface area (Å²) in [5.74, 6) is 0. The SMILES string of the molecule is Cc1nc(S(=O)(=O)Cl)c(C(F)F)cc1Cl. The van der Waals surface area contributed by atoms with Gasteiger partial charge in [-0.05, 0) is 13.0 Å². The van der Waals surface area contributed by atoms with Crippen molar-refractivity contribution in [2.24, 2.45) is 0 Å². The van der Waals surface area contributed by atoms with Gasteiger partial charge in [0.25, 0.3) is 15.5 Å². The Hall–Kier alpha value is -0.460. The Labute approximate surface area is 94.4 Å². The molecule has 1 heterocycles. The first-order valence-corrected chi connectivity index (χ1v) is 6.32. The summed E-state index contributed by atoms with van der Waals surface area (Å²) < 4.78 is 46.8. The molecule has 0 radical (unpaired) electrons. The highest BCUT2D eigenvalue weighted by atomic mass is 35.7. The number of nitrogens with zero attached hydrogens (tertiary/aromatic N) is 1. The Bertz CT molecular complexity index is 490. The van der Waals surface area contributed by atoms with E-state index in [0.29, 0.717) is 0 Å². The molecule has 0 fully saturated rings. The van der Waals surface area contributed by atoms with Crippen LogP contribution in [0.1, 0.15) is 17.7 Å². The van der Waals surface area contributed by atoms with Gasteiger partial charge in [0, 0.05) is 10.7 Å². The van der Waals surface area contributed by atoms with Crippen molar-refractivity contribution < 1.29 is 17.2 Å². The molecule has 15 heavy (non-hydrogen) atoms. The molecular formula is C7H5Cl2F2NO2S. The first-order chi connectivity index (χ1) is 6.73. The number of hydrogen-bond donors (Lipinski definition) is 0. The molecule has 1 aromatic heterocycles. The molecule has 1 aromatic rings. The van der Waals surface area contributed by atoms with Gasteiger partial charge in [-0.3, -0.25) is 0 Å². The van der Waals surface area contributed by atoms with Crippen molar-refractivity contribution in [1.29, 1.82) is 0 Å². The van der Waals surface area contributed by atoms with E-state index in [1.165, 1.54) is 6.92 Å². The summed E-state index contributed by atoms with van der Waals surface area (Å²) in [6.07, 6.45) is -3.00. The first-order valence-electron chi connectivity index (χ1n) is 3.63. The lowest BCUT2D eigenvalue weighted by Crippen LogP contribution is -2.04. The molecule has 8 heteroatoms. The van der Waals surface area contributed by atoms with Crippen LogP contribution in [0.4, 0.5) is 8.78 Å². The minimum absolute atomic E-state index is 0.0330. The third-order valence-electron chi connectivity index (χ3n) is 1.61. The molecule has 0 bridgehead atoms. The highest BCUT2D eigenvalue weighted by molar-refractivity contribution is 8.13. The van der Waals surface area contributed by atoms with E-state index in [1.54, 1.807) is 0 Å². The van der Waals surface area contributed by atoms with Crippen LogP contribution in [0.2, 0.25) is 5.02 Å². The van der Waals surface area contributed by atoms with Crippen LogP contribution in [0.5, 0.6) is 0 Å². The molecule has 0 amide bonds. The van der Waals surface area contributed by atoms with Gasteiger partial charge >= 0.3 is 0 Å². The minimum Gasteiger partial charge on any atom is -0.238 e. The van der Waals surface area contributed by atoms with Gasteiger partial charge in [-0.25, -0.2) is 22.2 Å². The van der Waals surface area contributed by atoms with Crippen molar-refractivity contribution in [2.75, 3.05) is 0 Å². The number of rotatable bonds is 2. The molecule has 0 saturated heterocycles. The zero-order chi connectivity index (χ0) is 11.8. The van der Waals surface area contributed by atoms with E-state index in [4.69, 9.17) is 22.3 Å². The molecule has 0 unspecified atom stereocenters. The molecule has 0 aliphatic heterocycles. The van der Waals surface area contributed by atoms with Crippen molar-refractivity contribution in [3.63, 3.8) is 0 Å². The molecule has 0 aliphatic rings. The van der Waals surface area contributed by atoms with Gasteiger partial charge in [0.05, 0.1) is 16.3 Å². The van der Waals surface area contributed by atoms with Crippen molar-refractivity contribution in [2.45, 2.75) is 18.4 Å². The Kier molecular flexibility index (Phi) is 3.52. The maximum Gasteiger partial charge on any atom is 0.279 e. The molecule has 0 saturated carbocycles. The summed E-state index contributed by atoms with van der Waals surface area (Å²) in [4.78, 5) is 3.43. The molecule has 3 nitrogen and oxygen atoms in total. The Morgan fingerprint density at radius 3 is 2.40 bits per heavy atom. The van der Waals surface area contributed by atoms with E-state index in [9.17, 15) is 17.2 Å². The average Bonchev–Trinajstić information content (AvgIpc) is 2.06. The van der Waals surface area contributed by atoms with E-state index in [2.05, 4.69) is 4.98 Å². The number of halogens is 4. The van der Waals surface area contributed by atoms with Crippen molar-refractivity contribution >= 4 is 31.3 Å². The molecule has 0 atom stereocenters. The van der Waals surface area contributed by atoms with Gasteiger partial charge in [0.2, 0.25) is 0 Å². The van der Waals surface area contributed by atoms with Crippen LogP contribution >= 0.6 is 22.3 Å². The first kappa shape index (κ1) is 12.6. The molecule has 1 rings (SSSR count). The lowest BCUT2D eigenvalue weighted by atomic mass is 10.2. The summed E-state index contributed by atoms with van der Waals surface area (Å²) in [6.45, 7) is 1.39. The smallest absolute Gasteiger partial charge is 0.238 e. The highest BCUT2D eigenvalue weighted by Gasteiger charge is 2.24. The van der Waals surface area contributed by atoms with Crippen molar-refractivity contribution in [3.8, 4) is 0 Å². The fourth-order valence-corrected chi connectivity index (χ4v) is 2.13. The fourth-order valence-electron chi connectivity index (χ4n) is 0.925. The summed E-state index contributed by atoms with van der Waals surface area (Å²) in [6, 6.07) is 0.851. The lowest BCUT2D eigenvalue weighted by molar-refractivity contribution is 0.147. The van der Waals surface area contributed by atoms with E-state index in [1.807, 2.05) is 0 Å². The quantitative estimate of drug-likeness (QED) is 0.780. The predicted octanol–water partition coefficient (Wildman–Crippen LogP) is 2.91. The summed E-state index contributed by atoms with van der Waals surface area (Å²) in [5, 5.41) is -0.879. The number of aryl methyl sites for hydroxylation is 1. The molecular weight excluding hydrogens is 271 g/mol. The van der Waals surface area contributed by atoms with Crippen molar-refractivity contribution in [3.05, 3.63) is 22.3 Å². The zero-order valence-corrected chi connectivity index (χ0v) is 9.67. The number of hydrogen-bond acceptors (Lipinski definition) is 3. The fraction of sp³-hybridized carbons (Fsp3) is 0.286. The third-order valence-corrected chi connectivity index (χ3v) is 3.22. The van der Waals surface area contributed by atoms with Gasteiger partial charge in [-0.15, -0.1) is 0 Å². The number of pyridine rings is 1. The molecule has 0 aliphatic carbocycles. The number of alkyl halides is 2. The van der Waals surface area contributed by atoms with Crippen LogP contribution < -0.4 is 0 Å². The molecule has 0 aromatic carbocycles. The highest BCUT2D eigenvalue weighted by Crippen LogP contribution is 2.30. The lowest BCUT2D eigenvalue weighted by Gasteiger charge is -2.07. The Morgan fingerprint density at radius 2 is 2.00 bits per heavy atom. The van der Waals surface area contributed by atoms with E-state index in [0.717, 1.165) is 6.07 Å². The van der Waals surface area contributed by atoms with Gasteiger partial charge in [0.1, 0.15) is 0 Å². The van der Waals surface area contributed by atoms with Crippen LogP contribution in [0.15, 0.2) is 11.1 Å². The van der Waals surface area contributed by atoms with Gasteiger partial charge in [-0.1, -0.05) is 11.6 Å². The average molecular weight is 276 g/mol. The Balaban J connectivity index is 3.56. The van der Waals surface area contributed by atoms with Gasteiger partial charge in [-0.2, -0.15) is 0 Å². The topological polar surface area (TPSA) is 47.0 Å². The van der Waals surface area contributed by atoms with Crippen LogP contribution in [0, 0.1) is 6.92 Å². The minimum atomic E-state index is -4.30. The maximum atomic E-state index is 12.4. The second-order valence-corrected chi connectivity index (χ2v) is 5.58. The normalized spacial score (nSPS) is 12.1. The third kappa shape index (κ3) is 2.76. The monoisotopic (exact) mass is 275 g/mol. The van der Waals surface area contributed by atoms with Crippen LogP contribution in [-0.2, 0) is 9.05 Å². The maximum absolute atomic E-state index is 12.4. The van der Waals surface area contributed by atoms with Gasteiger partial charge < -0.3 is 0 Å². The van der Waals surface area contributed by atoms with Crippen molar-refractivity contribution in [1.82, 2.24) is 4.98 Å². The molecule has 0 spiro atoms. The largest absolute Gasteiger partial charge is 0.279 e. The predicted molar refractivity (Wildman–Crippen MR) is 52.0 cm³/mol. The summed E-state index contributed by atoms with van der Waals surface area (Å²) in [5.41, 5.74) is -0.666. The standard InChI is InChI=1S/C7H5Cl2F2NO2S/c1-3-5(8)2-4(6(10)11)7(12-3)15(9,13)14/h2,6H,1H3. The summed E-state index contributed by atoms with van der Waals surface area (Å²) >= 11 is 5.55. The number of aromatic nitrogens is 1. The van der Waals surface area contributed by atoms with Crippen LogP contribution in [-0.4, -0.2) is 13.4 Å². The van der Waals surface area contributed by atoms with Gasteiger partial charge in [0.15, 0.2) is 5.03 Å². The second kappa shape index (κ2) is 4.19. The summed E-state index contributed by atoms with van der Waals surface area (Å²) in [7, 11) is 0.670. The van der Waals surface area contributed by atoms with E-state index >= 15 is 0 Å². The zero-order valence-electron chi connectivity index (χ0n) is 7.34. The van der Waals surface area contributed by atoms with Crippen LogP contribution in [0.25, 0.3) is 0 Å². The van der Waals surface area contributed by atoms with E-state index in [-0.39, 0.29) is 10.7 Å². The van der Waals surface area contributed by atoms with Crippen LogP contribution in [0.3, 0.4) is 0 Å². The Morgan fingerprint density at radius 1 is 1.47 bits per heavy atom. The van der Waals surface area contributed by atoms with E-state index < -0.39 is 26.1 Å². The molecule has 0 N–H and O–H groups in total.